The van der Waals surface area contributed by atoms with Gasteiger partial charge in [-0.2, -0.15) is 5.10 Å². The van der Waals surface area contributed by atoms with Crippen LogP contribution in [0.25, 0.3) is 0 Å². The Labute approximate surface area is 111 Å². The van der Waals surface area contributed by atoms with Gasteiger partial charge in [-0.25, -0.2) is 4.98 Å². The third-order valence-electron chi connectivity index (χ3n) is 2.87. The van der Waals surface area contributed by atoms with Crippen LogP contribution in [0.4, 0.5) is 0 Å². The van der Waals surface area contributed by atoms with Gasteiger partial charge in [-0.3, -0.25) is 16.0 Å². The van der Waals surface area contributed by atoms with Gasteiger partial charge in [0.2, 0.25) is 0 Å². The molecule has 2 rings (SSSR count). The molecule has 18 heavy (non-hydrogen) atoms. The van der Waals surface area contributed by atoms with Gasteiger partial charge in [0.25, 0.3) is 0 Å². The number of aromatic nitrogens is 3. The molecule has 1 unspecified atom stereocenters. The monoisotopic (exact) mass is 265 g/mol. The van der Waals surface area contributed by atoms with Gasteiger partial charge >= 0.3 is 0 Å². The van der Waals surface area contributed by atoms with Gasteiger partial charge in [0.1, 0.15) is 0 Å². The molecule has 0 aliphatic rings. The van der Waals surface area contributed by atoms with E-state index in [4.69, 9.17) is 5.84 Å². The molecule has 0 bridgehead atoms. The van der Waals surface area contributed by atoms with Crippen molar-refractivity contribution in [3.63, 3.8) is 0 Å². The smallest absolute Gasteiger partial charge is 0.0897 e. The predicted molar refractivity (Wildman–Crippen MR) is 73.3 cm³/mol. The van der Waals surface area contributed by atoms with Crippen molar-refractivity contribution in [3.8, 4) is 0 Å². The molecule has 1 atom stereocenters. The third-order valence-corrected chi connectivity index (χ3v) is 3.69. The minimum atomic E-state index is 0.0487. The summed E-state index contributed by atoms with van der Waals surface area (Å²) in [5.41, 5.74) is 6.07. The fraction of sp³-hybridized carbons (Fsp3) is 0.500. The summed E-state index contributed by atoms with van der Waals surface area (Å²) in [5, 5.41) is 7.61. The van der Waals surface area contributed by atoms with Crippen LogP contribution in [0.2, 0.25) is 0 Å². The topological polar surface area (TPSA) is 68.8 Å². The average molecular weight is 265 g/mol. The molecule has 0 radical (unpaired) electrons. The Balaban J connectivity index is 2.22. The number of nitrogens with two attached hydrogens (primary N) is 1. The Morgan fingerprint density at radius 1 is 1.50 bits per heavy atom. The normalized spacial score (nSPS) is 12.9. The zero-order valence-electron chi connectivity index (χ0n) is 11.0. The average Bonchev–Trinajstić information content (AvgIpc) is 2.92. The summed E-state index contributed by atoms with van der Waals surface area (Å²) < 4.78 is 1.99. The fourth-order valence-electron chi connectivity index (χ4n) is 2.06. The molecule has 2 heterocycles. The maximum absolute atomic E-state index is 5.68. The van der Waals surface area contributed by atoms with E-state index in [1.54, 1.807) is 11.3 Å². The van der Waals surface area contributed by atoms with Crippen LogP contribution in [-0.2, 0) is 13.0 Å². The van der Waals surface area contributed by atoms with E-state index in [9.17, 15) is 0 Å². The van der Waals surface area contributed by atoms with E-state index < -0.39 is 0 Å². The van der Waals surface area contributed by atoms with E-state index in [1.807, 2.05) is 18.5 Å². The standard InChI is InChI=1S/C12H19N5S/c1-4-17-12(5-8(2)16-17)11(15-13)6-10-7-18-9(3)14-10/h5,7,11,15H,4,6,13H2,1-3H3. The molecule has 0 saturated carbocycles. The van der Waals surface area contributed by atoms with Crippen molar-refractivity contribution in [2.75, 3.05) is 0 Å². The summed E-state index contributed by atoms with van der Waals surface area (Å²) in [5.74, 6) is 5.68. The van der Waals surface area contributed by atoms with Gasteiger partial charge < -0.3 is 0 Å². The molecule has 0 saturated heterocycles. The lowest BCUT2D eigenvalue weighted by Crippen LogP contribution is -2.31. The quantitative estimate of drug-likeness (QED) is 0.638. The van der Waals surface area contributed by atoms with E-state index in [1.165, 1.54) is 0 Å². The predicted octanol–water partition coefficient (Wildman–Crippen LogP) is 1.72. The van der Waals surface area contributed by atoms with E-state index in [0.717, 1.165) is 35.1 Å². The van der Waals surface area contributed by atoms with Crippen molar-refractivity contribution in [1.29, 1.82) is 0 Å². The van der Waals surface area contributed by atoms with Crippen LogP contribution >= 0.6 is 11.3 Å². The van der Waals surface area contributed by atoms with Crippen LogP contribution in [-0.4, -0.2) is 14.8 Å². The van der Waals surface area contributed by atoms with E-state index in [-0.39, 0.29) is 6.04 Å². The first-order valence-electron chi connectivity index (χ1n) is 6.05. The third kappa shape index (κ3) is 2.77. The molecule has 0 fully saturated rings. The van der Waals surface area contributed by atoms with Crippen molar-refractivity contribution in [1.82, 2.24) is 20.2 Å². The summed E-state index contributed by atoms with van der Waals surface area (Å²) in [4.78, 5) is 4.48. The number of thiazole rings is 1. The van der Waals surface area contributed by atoms with Crippen molar-refractivity contribution in [3.05, 3.63) is 33.5 Å². The van der Waals surface area contributed by atoms with E-state index in [0.29, 0.717) is 0 Å². The van der Waals surface area contributed by atoms with Crippen LogP contribution in [0.3, 0.4) is 0 Å². The number of aryl methyl sites for hydroxylation is 3. The van der Waals surface area contributed by atoms with Gasteiger partial charge in [-0.15, -0.1) is 11.3 Å². The lowest BCUT2D eigenvalue weighted by Gasteiger charge is -2.16. The van der Waals surface area contributed by atoms with Gasteiger partial charge in [0.05, 0.1) is 28.1 Å². The number of hydrazine groups is 1. The Morgan fingerprint density at radius 3 is 2.83 bits per heavy atom. The van der Waals surface area contributed by atoms with Gasteiger partial charge in [-0.05, 0) is 26.8 Å². The molecule has 0 aliphatic carbocycles. The van der Waals surface area contributed by atoms with E-state index >= 15 is 0 Å². The molecule has 98 valence electrons. The molecule has 2 aromatic heterocycles. The molecule has 2 aromatic rings. The summed E-state index contributed by atoms with van der Waals surface area (Å²) in [6.07, 6.45) is 0.784. The first-order valence-corrected chi connectivity index (χ1v) is 6.93. The molecular weight excluding hydrogens is 246 g/mol. The van der Waals surface area contributed by atoms with E-state index in [2.05, 4.69) is 33.9 Å². The molecule has 0 amide bonds. The van der Waals surface area contributed by atoms with Crippen LogP contribution in [0.5, 0.6) is 0 Å². The zero-order chi connectivity index (χ0) is 13.1. The lowest BCUT2D eigenvalue weighted by atomic mass is 10.1. The molecular formula is C12H19N5S. The van der Waals surface area contributed by atoms with Crippen molar-refractivity contribution in [2.45, 2.75) is 39.8 Å². The second kappa shape index (κ2) is 5.60. The Bertz CT molecular complexity index is 516. The largest absolute Gasteiger partial charge is 0.271 e. The van der Waals surface area contributed by atoms with Crippen molar-refractivity contribution >= 4 is 11.3 Å². The van der Waals surface area contributed by atoms with Crippen LogP contribution < -0.4 is 11.3 Å². The van der Waals surface area contributed by atoms with Crippen molar-refractivity contribution in [2.24, 2.45) is 5.84 Å². The zero-order valence-corrected chi connectivity index (χ0v) is 11.8. The number of nitrogens with one attached hydrogen (secondary N) is 1. The Kier molecular flexibility index (Phi) is 4.11. The number of hydrogen-bond acceptors (Lipinski definition) is 5. The SMILES string of the molecule is CCn1nc(C)cc1C(Cc1csc(C)n1)NN. The number of rotatable bonds is 5. The second-order valence-electron chi connectivity index (χ2n) is 4.31. The minimum absolute atomic E-state index is 0.0487. The maximum atomic E-state index is 5.68. The molecule has 0 aliphatic heterocycles. The van der Waals surface area contributed by atoms with Crippen LogP contribution in [0.1, 0.15) is 35.1 Å². The number of hydrogen-bond donors (Lipinski definition) is 2. The Morgan fingerprint density at radius 2 is 2.28 bits per heavy atom. The molecule has 0 aromatic carbocycles. The lowest BCUT2D eigenvalue weighted by molar-refractivity contribution is 0.487. The summed E-state index contributed by atoms with van der Waals surface area (Å²) in [7, 11) is 0. The first kappa shape index (κ1) is 13.2. The highest BCUT2D eigenvalue weighted by Gasteiger charge is 2.17. The molecule has 5 nitrogen and oxygen atoms in total. The summed E-state index contributed by atoms with van der Waals surface area (Å²) in [6, 6.07) is 2.13. The highest BCUT2D eigenvalue weighted by Crippen LogP contribution is 2.20. The van der Waals surface area contributed by atoms with Gasteiger partial charge in [0, 0.05) is 18.3 Å². The second-order valence-corrected chi connectivity index (χ2v) is 5.37. The Hall–Kier alpha value is -1.24. The summed E-state index contributed by atoms with van der Waals surface area (Å²) in [6.45, 7) is 6.93. The van der Waals surface area contributed by atoms with Crippen molar-refractivity contribution < 1.29 is 0 Å². The number of nitrogens with zero attached hydrogens (tertiary/aromatic N) is 3. The van der Waals surface area contributed by atoms with Gasteiger partial charge in [0.15, 0.2) is 0 Å². The maximum Gasteiger partial charge on any atom is 0.0897 e. The molecule has 3 N–H and O–H groups in total. The first-order chi connectivity index (χ1) is 8.63. The van der Waals surface area contributed by atoms with Crippen LogP contribution in [0.15, 0.2) is 11.4 Å². The highest BCUT2D eigenvalue weighted by atomic mass is 32.1. The van der Waals surface area contributed by atoms with Gasteiger partial charge in [-0.1, -0.05) is 0 Å². The van der Waals surface area contributed by atoms with Crippen LogP contribution in [0, 0.1) is 13.8 Å². The minimum Gasteiger partial charge on any atom is -0.271 e. The fourth-order valence-corrected chi connectivity index (χ4v) is 2.68. The molecule has 0 spiro atoms. The highest BCUT2D eigenvalue weighted by molar-refractivity contribution is 7.09. The summed E-state index contributed by atoms with van der Waals surface area (Å²) >= 11 is 1.67. The molecule has 6 heteroatoms.